The standard InChI is InChI=1S/C20H23ClN2O5S/c1-15(16-7-5-4-6-8-16)23(3)19(24)14-28-20(25)13-22(2)29(26,27)18-11-9-17(21)10-12-18/h4-12,15H,13-14H2,1-3H3. The number of sulfonamides is 1. The summed E-state index contributed by atoms with van der Waals surface area (Å²) in [4.78, 5) is 25.8. The maximum atomic E-state index is 12.5. The number of amides is 1. The van der Waals surface area contributed by atoms with E-state index >= 15 is 0 Å². The van der Waals surface area contributed by atoms with E-state index < -0.39 is 35.1 Å². The van der Waals surface area contributed by atoms with Crippen LogP contribution in [0.4, 0.5) is 0 Å². The fourth-order valence-electron chi connectivity index (χ4n) is 2.51. The maximum absolute atomic E-state index is 12.5. The molecule has 0 radical (unpaired) electrons. The summed E-state index contributed by atoms with van der Waals surface area (Å²) in [5.41, 5.74) is 0.948. The SMILES string of the molecule is CC(c1ccccc1)N(C)C(=O)COC(=O)CN(C)S(=O)(=O)c1ccc(Cl)cc1. The van der Waals surface area contributed by atoms with Crippen molar-refractivity contribution in [1.29, 1.82) is 0 Å². The molecule has 0 aliphatic carbocycles. The summed E-state index contributed by atoms with van der Waals surface area (Å²) < 4.78 is 30.8. The van der Waals surface area contributed by atoms with Gasteiger partial charge in [-0.15, -0.1) is 0 Å². The van der Waals surface area contributed by atoms with E-state index in [-0.39, 0.29) is 10.9 Å². The molecule has 0 aromatic heterocycles. The number of ether oxygens (including phenoxy) is 1. The minimum atomic E-state index is -3.88. The first kappa shape index (κ1) is 22.9. The van der Waals surface area contributed by atoms with Gasteiger partial charge in [-0.1, -0.05) is 41.9 Å². The Morgan fingerprint density at radius 1 is 1.03 bits per heavy atom. The van der Waals surface area contributed by atoms with Crippen molar-refractivity contribution in [2.24, 2.45) is 0 Å². The van der Waals surface area contributed by atoms with Gasteiger partial charge in [0.05, 0.1) is 10.9 Å². The molecule has 0 saturated carbocycles. The molecular formula is C20H23ClN2O5S. The molecule has 0 bridgehead atoms. The van der Waals surface area contributed by atoms with Gasteiger partial charge in [0, 0.05) is 19.1 Å². The third kappa shape index (κ3) is 6.03. The summed E-state index contributed by atoms with van der Waals surface area (Å²) >= 11 is 5.76. The Hall–Kier alpha value is -2.42. The van der Waals surface area contributed by atoms with Gasteiger partial charge in [-0.05, 0) is 36.8 Å². The van der Waals surface area contributed by atoms with Crippen LogP contribution >= 0.6 is 11.6 Å². The molecular weight excluding hydrogens is 416 g/mol. The van der Waals surface area contributed by atoms with E-state index in [0.29, 0.717) is 5.02 Å². The highest BCUT2D eigenvalue weighted by molar-refractivity contribution is 7.89. The van der Waals surface area contributed by atoms with Crippen LogP contribution in [0.25, 0.3) is 0 Å². The molecule has 1 unspecified atom stereocenters. The van der Waals surface area contributed by atoms with Crippen LogP contribution in [0.1, 0.15) is 18.5 Å². The molecule has 0 fully saturated rings. The average Bonchev–Trinajstić information content (AvgIpc) is 2.71. The predicted molar refractivity (Wildman–Crippen MR) is 110 cm³/mol. The van der Waals surface area contributed by atoms with Crippen LogP contribution in [0, 0.1) is 0 Å². The Bertz CT molecular complexity index is 949. The molecule has 1 atom stereocenters. The van der Waals surface area contributed by atoms with E-state index in [2.05, 4.69) is 0 Å². The van der Waals surface area contributed by atoms with Crippen molar-refractivity contribution >= 4 is 33.5 Å². The van der Waals surface area contributed by atoms with Crippen molar-refractivity contribution < 1.29 is 22.7 Å². The first-order chi connectivity index (χ1) is 13.6. The monoisotopic (exact) mass is 438 g/mol. The topological polar surface area (TPSA) is 84.0 Å². The number of hydrogen-bond acceptors (Lipinski definition) is 5. The number of likely N-dealkylation sites (N-methyl/N-ethyl adjacent to an activating group) is 2. The number of esters is 1. The highest BCUT2D eigenvalue weighted by atomic mass is 35.5. The Balaban J connectivity index is 1.90. The lowest BCUT2D eigenvalue weighted by Gasteiger charge is -2.25. The van der Waals surface area contributed by atoms with Gasteiger partial charge in [0.25, 0.3) is 5.91 Å². The second kappa shape index (κ2) is 9.87. The Morgan fingerprint density at radius 2 is 1.62 bits per heavy atom. The van der Waals surface area contributed by atoms with E-state index in [0.717, 1.165) is 9.87 Å². The first-order valence-corrected chi connectivity index (χ1v) is 10.6. The lowest BCUT2D eigenvalue weighted by Crippen LogP contribution is -2.36. The summed E-state index contributed by atoms with van der Waals surface area (Å²) in [6.45, 7) is 0.874. The average molecular weight is 439 g/mol. The van der Waals surface area contributed by atoms with Crippen molar-refractivity contribution in [1.82, 2.24) is 9.21 Å². The molecule has 0 N–H and O–H groups in total. The normalized spacial score (nSPS) is 12.4. The summed E-state index contributed by atoms with van der Waals surface area (Å²) in [6, 6.07) is 14.8. The van der Waals surface area contributed by atoms with Crippen molar-refractivity contribution in [2.45, 2.75) is 17.9 Å². The minimum Gasteiger partial charge on any atom is -0.455 e. The van der Waals surface area contributed by atoms with Crippen LogP contribution in [0.15, 0.2) is 59.5 Å². The molecule has 0 spiro atoms. The highest BCUT2D eigenvalue weighted by Crippen LogP contribution is 2.19. The zero-order valence-electron chi connectivity index (χ0n) is 16.4. The van der Waals surface area contributed by atoms with Crippen LogP contribution in [-0.2, 0) is 24.3 Å². The quantitative estimate of drug-likeness (QED) is 0.592. The summed E-state index contributed by atoms with van der Waals surface area (Å²) in [6.07, 6.45) is 0. The van der Waals surface area contributed by atoms with Gasteiger partial charge in [-0.3, -0.25) is 9.59 Å². The van der Waals surface area contributed by atoms with E-state index in [4.69, 9.17) is 16.3 Å². The van der Waals surface area contributed by atoms with Crippen LogP contribution < -0.4 is 0 Å². The molecule has 156 valence electrons. The molecule has 2 aromatic rings. The second-order valence-corrected chi connectivity index (χ2v) is 8.95. The minimum absolute atomic E-state index is 0.00435. The van der Waals surface area contributed by atoms with E-state index in [1.165, 1.54) is 36.2 Å². The van der Waals surface area contributed by atoms with Gasteiger partial charge in [0.1, 0.15) is 6.54 Å². The molecule has 9 heteroatoms. The first-order valence-electron chi connectivity index (χ1n) is 8.81. The van der Waals surface area contributed by atoms with Crippen molar-refractivity contribution in [3.63, 3.8) is 0 Å². The molecule has 0 aliphatic heterocycles. The van der Waals surface area contributed by atoms with Crippen LogP contribution in [0.2, 0.25) is 5.02 Å². The summed E-state index contributed by atoms with van der Waals surface area (Å²) in [7, 11) is -1.00. The lowest BCUT2D eigenvalue weighted by atomic mass is 10.1. The summed E-state index contributed by atoms with van der Waals surface area (Å²) in [5, 5.41) is 0.401. The Kier molecular flexibility index (Phi) is 7.78. The van der Waals surface area contributed by atoms with Gasteiger partial charge < -0.3 is 9.64 Å². The van der Waals surface area contributed by atoms with E-state index in [1.54, 1.807) is 7.05 Å². The van der Waals surface area contributed by atoms with Crippen LogP contribution in [0.3, 0.4) is 0 Å². The molecule has 29 heavy (non-hydrogen) atoms. The molecule has 0 saturated heterocycles. The predicted octanol–water partition coefficient (Wildman–Crippen LogP) is 2.72. The number of benzene rings is 2. The zero-order valence-corrected chi connectivity index (χ0v) is 18.0. The zero-order chi connectivity index (χ0) is 21.6. The number of carbonyl (C=O) groups is 2. The van der Waals surface area contributed by atoms with Crippen molar-refractivity contribution in [2.75, 3.05) is 27.2 Å². The van der Waals surface area contributed by atoms with Gasteiger partial charge in [-0.25, -0.2) is 8.42 Å². The Labute approximate surface area is 175 Å². The number of rotatable bonds is 8. The smallest absolute Gasteiger partial charge is 0.321 e. The number of nitrogens with zero attached hydrogens (tertiary/aromatic N) is 2. The van der Waals surface area contributed by atoms with E-state index in [9.17, 15) is 18.0 Å². The number of carbonyl (C=O) groups excluding carboxylic acids is 2. The fraction of sp³-hybridized carbons (Fsp3) is 0.300. The molecule has 1 amide bonds. The van der Waals surface area contributed by atoms with Gasteiger partial charge in [-0.2, -0.15) is 4.31 Å². The van der Waals surface area contributed by atoms with Crippen LogP contribution in [0.5, 0.6) is 0 Å². The molecule has 0 heterocycles. The molecule has 7 nitrogen and oxygen atoms in total. The lowest BCUT2D eigenvalue weighted by molar-refractivity contribution is -0.152. The summed E-state index contributed by atoms with van der Waals surface area (Å²) in [5.74, 6) is -1.21. The highest BCUT2D eigenvalue weighted by Gasteiger charge is 2.24. The van der Waals surface area contributed by atoms with Gasteiger partial charge >= 0.3 is 5.97 Å². The molecule has 0 aliphatic rings. The molecule has 2 rings (SSSR count). The Morgan fingerprint density at radius 3 is 2.21 bits per heavy atom. The van der Waals surface area contributed by atoms with Gasteiger partial charge in [0.2, 0.25) is 10.0 Å². The maximum Gasteiger partial charge on any atom is 0.321 e. The van der Waals surface area contributed by atoms with Gasteiger partial charge in [0.15, 0.2) is 6.61 Å². The second-order valence-electron chi connectivity index (χ2n) is 6.47. The van der Waals surface area contributed by atoms with E-state index in [1.807, 2.05) is 37.3 Å². The molecule has 2 aromatic carbocycles. The fourth-order valence-corrected chi connectivity index (χ4v) is 3.76. The number of halogens is 1. The third-order valence-corrected chi connectivity index (χ3v) is 6.56. The largest absolute Gasteiger partial charge is 0.455 e. The van der Waals surface area contributed by atoms with Crippen molar-refractivity contribution in [3.8, 4) is 0 Å². The van der Waals surface area contributed by atoms with Crippen LogP contribution in [-0.4, -0.2) is 56.7 Å². The third-order valence-electron chi connectivity index (χ3n) is 4.49. The number of hydrogen-bond donors (Lipinski definition) is 0. The van der Waals surface area contributed by atoms with Crippen molar-refractivity contribution in [3.05, 3.63) is 65.2 Å².